The van der Waals surface area contributed by atoms with Gasteiger partial charge in [0.05, 0.1) is 12.2 Å². The number of carbonyl (C=O) groups is 2. The number of amides is 1. The van der Waals surface area contributed by atoms with E-state index in [1.165, 1.54) is 31.2 Å². The predicted molar refractivity (Wildman–Crippen MR) is 76.7 cm³/mol. The van der Waals surface area contributed by atoms with Crippen molar-refractivity contribution in [3.8, 4) is 0 Å². The molecule has 0 bridgehead atoms. The highest BCUT2D eigenvalue weighted by Crippen LogP contribution is 2.39. The number of halogens is 4. The zero-order valence-corrected chi connectivity index (χ0v) is 12.8. The van der Waals surface area contributed by atoms with E-state index in [9.17, 15) is 22.8 Å². The van der Waals surface area contributed by atoms with E-state index in [1.807, 2.05) is 0 Å². The number of esters is 1. The summed E-state index contributed by atoms with van der Waals surface area (Å²) in [7, 11) is 0. The largest absolute Gasteiger partial charge is 0.463 e. The molecule has 0 aromatic heterocycles. The van der Waals surface area contributed by atoms with E-state index >= 15 is 0 Å². The van der Waals surface area contributed by atoms with Gasteiger partial charge in [0.1, 0.15) is 5.70 Å². The third-order valence-corrected chi connectivity index (χ3v) is 3.57. The van der Waals surface area contributed by atoms with Crippen LogP contribution < -0.4 is 5.32 Å². The van der Waals surface area contributed by atoms with Gasteiger partial charge in [-0.1, -0.05) is 23.7 Å². The second-order valence-corrected chi connectivity index (χ2v) is 5.30. The third kappa shape index (κ3) is 3.85. The molecule has 0 spiro atoms. The molecule has 1 N–H and O–H groups in total. The molecule has 1 heterocycles. The van der Waals surface area contributed by atoms with Gasteiger partial charge in [-0.3, -0.25) is 4.79 Å². The minimum absolute atomic E-state index is 0.0746. The maximum absolute atomic E-state index is 13.2. The summed E-state index contributed by atoms with van der Waals surface area (Å²) >= 11 is 5.77. The SMILES string of the molecule is CCOC(=O)C1=C(C(F)(F)F)NC(=O)CC1c1ccc(Cl)cc1. The Hall–Kier alpha value is -2.02. The average Bonchev–Trinajstić information content (AvgIpc) is 2.46. The van der Waals surface area contributed by atoms with Crippen LogP contribution in [0.2, 0.25) is 5.02 Å². The quantitative estimate of drug-likeness (QED) is 0.853. The van der Waals surface area contributed by atoms with Crippen LogP contribution in [-0.2, 0) is 14.3 Å². The van der Waals surface area contributed by atoms with Crippen molar-refractivity contribution in [1.29, 1.82) is 0 Å². The number of nitrogens with one attached hydrogen (secondary N) is 1. The summed E-state index contributed by atoms with van der Waals surface area (Å²) in [6.07, 6.45) is -5.15. The summed E-state index contributed by atoms with van der Waals surface area (Å²) in [6, 6.07) is 5.94. The van der Waals surface area contributed by atoms with Crippen molar-refractivity contribution in [3.05, 3.63) is 46.1 Å². The number of alkyl halides is 3. The summed E-state index contributed by atoms with van der Waals surface area (Å²) in [5, 5.41) is 2.14. The fourth-order valence-electron chi connectivity index (χ4n) is 2.38. The first-order valence-electron chi connectivity index (χ1n) is 6.77. The fourth-order valence-corrected chi connectivity index (χ4v) is 2.50. The van der Waals surface area contributed by atoms with Gasteiger partial charge in [-0.15, -0.1) is 0 Å². The molecule has 1 aliphatic rings. The van der Waals surface area contributed by atoms with Crippen LogP contribution in [0.5, 0.6) is 0 Å². The Bertz CT molecular complexity index is 653. The fraction of sp³-hybridized carbons (Fsp3) is 0.333. The summed E-state index contributed by atoms with van der Waals surface area (Å²) in [6.45, 7) is 1.42. The van der Waals surface area contributed by atoms with Gasteiger partial charge in [0.25, 0.3) is 0 Å². The average molecular weight is 348 g/mol. The van der Waals surface area contributed by atoms with Gasteiger partial charge >= 0.3 is 12.1 Å². The Balaban J connectivity index is 2.59. The second kappa shape index (κ2) is 6.62. The molecule has 0 saturated heterocycles. The molecule has 0 aliphatic carbocycles. The predicted octanol–water partition coefficient (Wildman–Crippen LogP) is 3.32. The van der Waals surface area contributed by atoms with Crippen LogP contribution in [0.1, 0.15) is 24.8 Å². The van der Waals surface area contributed by atoms with Gasteiger partial charge in [0.2, 0.25) is 5.91 Å². The molecule has 1 atom stereocenters. The van der Waals surface area contributed by atoms with Gasteiger partial charge in [0, 0.05) is 17.4 Å². The van der Waals surface area contributed by atoms with Crippen molar-refractivity contribution < 1.29 is 27.5 Å². The van der Waals surface area contributed by atoms with Crippen molar-refractivity contribution in [2.24, 2.45) is 0 Å². The summed E-state index contributed by atoms with van der Waals surface area (Å²) in [4.78, 5) is 23.7. The van der Waals surface area contributed by atoms with Crippen LogP contribution in [-0.4, -0.2) is 24.7 Å². The van der Waals surface area contributed by atoms with Crippen molar-refractivity contribution in [3.63, 3.8) is 0 Å². The van der Waals surface area contributed by atoms with Crippen LogP contribution in [0.15, 0.2) is 35.5 Å². The zero-order chi connectivity index (χ0) is 17.2. The standard InChI is InChI=1S/C15H13ClF3NO3/c1-2-23-14(22)12-10(8-3-5-9(16)6-4-8)7-11(21)20-13(12)15(17,18)19/h3-6,10H,2,7H2,1H3,(H,20,21). The highest BCUT2D eigenvalue weighted by Gasteiger charge is 2.45. The van der Waals surface area contributed by atoms with Gasteiger partial charge in [-0.25, -0.2) is 4.79 Å². The molecule has 23 heavy (non-hydrogen) atoms. The lowest BCUT2D eigenvalue weighted by Gasteiger charge is -2.28. The van der Waals surface area contributed by atoms with Gasteiger partial charge in [-0.05, 0) is 24.6 Å². The Morgan fingerprint density at radius 2 is 1.96 bits per heavy atom. The number of benzene rings is 1. The van der Waals surface area contributed by atoms with Crippen molar-refractivity contribution in [1.82, 2.24) is 5.32 Å². The first-order chi connectivity index (χ1) is 10.7. The first kappa shape index (κ1) is 17.3. The van der Waals surface area contributed by atoms with E-state index in [0.29, 0.717) is 10.6 Å². The maximum Gasteiger partial charge on any atom is 0.431 e. The molecule has 4 nitrogen and oxygen atoms in total. The molecule has 1 unspecified atom stereocenters. The number of ether oxygens (including phenoxy) is 1. The lowest BCUT2D eigenvalue weighted by atomic mass is 9.84. The molecule has 0 fully saturated rings. The Kier molecular flexibility index (Phi) is 4.99. The number of hydrogen-bond donors (Lipinski definition) is 1. The molecule has 124 valence electrons. The van der Waals surface area contributed by atoms with Gasteiger partial charge in [-0.2, -0.15) is 13.2 Å². The van der Waals surface area contributed by atoms with E-state index in [4.69, 9.17) is 16.3 Å². The molecule has 1 aliphatic heterocycles. The van der Waals surface area contributed by atoms with E-state index in [-0.39, 0.29) is 13.0 Å². The smallest absolute Gasteiger partial charge is 0.431 e. The minimum Gasteiger partial charge on any atom is -0.463 e. The molecule has 1 amide bonds. The lowest BCUT2D eigenvalue weighted by molar-refractivity contribution is -0.142. The Morgan fingerprint density at radius 1 is 1.35 bits per heavy atom. The van der Waals surface area contributed by atoms with Gasteiger partial charge < -0.3 is 10.1 Å². The molecule has 0 radical (unpaired) electrons. The molecule has 1 aromatic rings. The summed E-state index contributed by atoms with van der Waals surface area (Å²) in [5.74, 6) is -2.96. The Morgan fingerprint density at radius 3 is 2.48 bits per heavy atom. The number of rotatable bonds is 3. The normalized spacial score (nSPS) is 18.7. The molecule has 1 aromatic carbocycles. The first-order valence-corrected chi connectivity index (χ1v) is 7.15. The Labute approximate surface area is 135 Å². The molecule has 8 heteroatoms. The van der Waals surface area contributed by atoms with Crippen LogP contribution in [0, 0.1) is 0 Å². The van der Waals surface area contributed by atoms with E-state index in [2.05, 4.69) is 0 Å². The van der Waals surface area contributed by atoms with Crippen LogP contribution in [0.25, 0.3) is 0 Å². The lowest BCUT2D eigenvalue weighted by Crippen LogP contribution is -2.41. The zero-order valence-electron chi connectivity index (χ0n) is 12.0. The van der Waals surface area contributed by atoms with Crippen LogP contribution in [0.3, 0.4) is 0 Å². The summed E-state index contributed by atoms with van der Waals surface area (Å²) in [5.41, 5.74) is -1.58. The van der Waals surface area contributed by atoms with Crippen LogP contribution in [0.4, 0.5) is 13.2 Å². The topological polar surface area (TPSA) is 55.4 Å². The molecular formula is C15H13ClF3NO3. The van der Waals surface area contributed by atoms with Gasteiger partial charge in [0.15, 0.2) is 0 Å². The van der Waals surface area contributed by atoms with E-state index < -0.39 is 35.2 Å². The summed E-state index contributed by atoms with van der Waals surface area (Å²) < 4.78 is 44.4. The van der Waals surface area contributed by atoms with E-state index in [1.54, 1.807) is 5.32 Å². The maximum atomic E-state index is 13.2. The third-order valence-electron chi connectivity index (χ3n) is 3.32. The number of allylic oxidation sites excluding steroid dienone is 1. The highest BCUT2D eigenvalue weighted by molar-refractivity contribution is 6.30. The molecule has 2 rings (SSSR count). The minimum atomic E-state index is -4.87. The van der Waals surface area contributed by atoms with Crippen molar-refractivity contribution >= 4 is 23.5 Å². The molecule has 0 saturated carbocycles. The molecular weight excluding hydrogens is 335 g/mol. The van der Waals surface area contributed by atoms with Crippen molar-refractivity contribution in [2.75, 3.05) is 6.61 Å². The van der Waals surface area contributed by atoms with Crippen molar-refractivity contribution in [2.45, 2.75) is 25.4 Å². The monoisotopic (exact) mass is 347 g/mol. The second-order valence-electron chi connectivity index (χ2n) is 4.86. The number of carbonyl (C=O) groups excluding carboxylic acids is 2. The van der Waals surface area contributed by atoms with Crippen LogP contribution >= 0.6 is 11.6 Å². The van der Waals surface area contributed by atoms with E-state index in [0.717, 1.165) is 0 Å². The highest BCUT2D eigenvalue weighted by atomic mass is 35.5. The number of hydrogen-bond acceptors (Lipinski definition) is 3.